The van der Waals surface area contributed by atoms with Crippen LogP contribution in [-0.4, -0.2) is 13.0 Å². The van der Waals surface area contributed by atoms with Crippen molar-refractivity contribution in [2.45, 2.75) is 6.04 Å². The second-order valence-electron chi connectivity index (χ2n) is 4.12. The van der Waals surface area contributed by atoms with Gasteiger partial charge in [-0.25, -0.2) is 0 Å². The van der Waals surface area contributed by atoms with E-state index in [4.69, 9.17) is 10.5 Å². The lowest BCUT2D eigenvalue weighted by molar-refractivity contribution is -0.118. The van der Waals surface area contributed by atoms with Crippen LogP contribution in [0.4, 0.5) is 5.69 Å². The molecule has 0 aliphatic rings. The summed E-state index contributed by atoms with van der Waals surface area (Å²) in [6.07, 6.45) is 0. The molecule has 0 saturated heterocycles. The maximum absolute atomic E-state index is 11.6. The van der Waals surface area contributed by atoms with Crippen LogP contribution in [0.1, 0.15) is 11.6 Å². The highest BCUT2D eigenvalue weighted by Gasteiger charge is 2.17. The van der Waals surface area contributed by atoms with Crippen molar-refractivity contribution in [1.82, 2.24) is 0 Å². The number of nitrogens with one attached hydrogen (secondary N) is 1. The van der Waals surface area contributed by atoms with Crippen molar-refractivity contribution >= 4 is 11.6 Å². The lowest BCUT2D eigenvalue weighted by atomic mass is 10.1. The smallest absolute Gasteiger partial charge is 0.244 e. The molecule has 4 heteroatoms. The molecule has 0 aliphatic heterocycles. The van der Waals surface area contributed by atoms with E-state index in [-0.39, 0.29) is 0 Å². The van der Waals surface area contributed by atoms with Crippen LogP contribution in [0.3, 0.4) is 0 Å². The van der Waals surface area contributed by atoms with Crippen LogP contribution in [0.2, 0.25) is 0 Å². The number of rotatable bonds is 5. The van der Waals surface area contributed by atoms with E-state index in [2.05, 4.69) is 5.32 Å². The topological polar surface area (TPSA) is 64.3 Å². The zero-order valence-corrected chi connectivity index (χ0v) is 10.7. The van der Waals surface area contributed by atoms with Crippen molar-refractivity contribution < 1.29 is 9.53 Å². The largest absolute Gasteiger partial charge is 0.497 e. The summed E-state index contributed by atoms with van der Waals surface area (Å²) in [5, 5.41) is 3.12. The van der Waals surface area contributed by atoms with Gasteiger partial charge < -0.3 is 15.8 Å². The second kappa shape index (κ2) is 5.91. The van der Waals surface area contributed by atoms with Crippen molar-refractivity contribution in [3.63, 3.8) is 0 Å². The molecule has 1 amide bonds. The standard InChI is InChI=1S/C15H16N2O2/c1-19-13-9-5-6-11(10-13)14(15(16)18)17-12-7-3-2-4-8-12/h2-10,14,17H,1H3,(H2,16,18). The van der Waals surface area contributed by atoms with Crippen molar-refractivity contribution in [3.05, 3.63) is 60.2 Å². The average Bonchev–Trinajstić information content (AvgIpc) is 2.45. The van der Waals surface area contributed by atoms with Crippen LogP contribution >= 0.6 is 0 Å². The number of ether oxygens (including phenoxy) is 1. The van der Waals surface area contributed by atoms with E-state index in [1.54, 1.807) is 13.2 Å². The summed E-state index contributed by atoms with van der Waals surface area (Å²) in [6, 6.07) is 16.2. The Bertz CT molecular complexity index is 555. The number of carbonyl (C=O) groups excluding carboxylic acids is 1. The maximum Gasteiger partial charge on any atom is 0.244 e. The third-order valence-electron chi connectivity index (χ3n) is 2.80. The molecule has 0 heterocycles. The molecular weight excluding hydrogens is 240 g/mol. The van der Waals surface area contributed by atoms with Crippen LogP contribution in [0, 0.1) is 0 Å². The van der Waals surface area contributed by atoms with E-state index in [0.717, 1.165) is 11.3 Å². The minimum absolute atomic E-state index is 0.433. The van der Waals surface area contributed by atoms with Gasteiger partial charge in [-0.1, -0.05) is 30.3 Å². The van der Waals surface area contributed by atoms with Gasteiger partial charge in [0.1, 0.15) is 11.8 Å². The summed E-state index contributed by atoms with van der Waals surface area (Å²) >= 11 is 0. The molecule has 0 radical (unpaired) electrons. The Balaban J connectivity index is 2.27. The molecule has 19 heavy (non-hydrogen) atoms. The molecular formula is C15H16N2O2. The third kappa shape index (κ3) is 3.25. The molecule has 0 aromatic heterocycles. The predicted octanol–water partition coefficient (Wildman–Crippen LogP) is 2.33. The number of hydrogen-bond donors (Lipinski definition) is 2. The molecule has 0 saturated carbocycles. The zero-order chi connectivity index (χ0) is 13.7. The van der Waals surface area contributed by atoms with Gasteiger partial charge in [0.2, 0.25) is 5.91 Å². The second-order valence-corrected chi connectivity index (χ2v) is 4.12. The van der Waals surface area contributed by atoms with Gasteiger partial charge in [0.25, 0.3) is 0 Å². The zero-order valence-electron chi connectivity index (χ0n) is 10.7. The van der Waals surface area contributed by atoms with Crippen LogP contribution in [0.5, 0.6) is 5.75 Å². The Kier molecular flexibility index (Phi) is 4.03. The summed E-state index contributed by atoms with van der Waals surface area (Å²) in [5.74, 6) is 0.260. The van der Waals surface area contributed by atoms with E-state index >= 15 is 0 Å². The Morgan fingerprint density at radius 3 is 2.53 bits per heavy atom. The molecule has 2 aromatic rings. The Hall–Kier alpha value is -2.49. The number of hydrogen-bond acceptors (Lipinski definition) is 3. The van der Waals surface area contributed by atoms with Crippen molar-refractivity contribution in [1.29, 1.82) is 0 Å². The van der Waals surface area contributed by atoms with Crippen LogP contribution in [-0.2, 0) is 4.79 Å². The van der Waals surface area contributed by atoms with E-state index in [0.29, 0.717) is 5.75 Å². The van der Waals surface area contributed by atoms with E-state index < -0.39 is 11.9 Å². The summed E-state index contributed by atoms with van der Waals surface area (Å²) in [7, 11) is 1.59. The molecule has 0 bridgehead atoms. The SMILES string of the molecule is COc1cccc(C(Nc2ccccc2)C(N)=O)c1. The van der Waals surface area contributed by atoms with Crippen molar-refractivity contribution in [2.24, 2.45) is 5.73 Å². The van der Waals surface area contributed by atoms with Gasteiger partial charge in [-0.05, 0) is 29.8 Å². The van der Waals surface area contributed by atoms with Gasteiger partial charge in [0, 0.05) is 5.69 Å². The molecule has 2 rings (SSSR count). The average molecular weight is 256 g/mol. The molecule has 2 aromatic carbocycles. The fourth-order valence-electron chi connectivity index (χ4n) is 1.84. The van der Waals surface area contributed by atoms with E-state index in [1.165, 1.54) is 0 Å². The van der Waals surface area contributed by atoms with Crippen LogP contribution < -0.4 is 15.8 Å². The first-order chi connectivity index (χ1) is 9.20. The van der Waals surface area contributed by atoms with Gasteiger partial charge >= 0.3 is 0 Å². The molecule has 1 atom stereocenters. The fraction of sp³-hybridized carbons (Fsp3) is 0.133. The Morgan fingerprint density at radius 1 is 1.16 bits per heavy atom. The Labute approximate surface area is 112 Å². The number of nitrogens with two attached hydrogens (primary N) is 1. The predicted molar refractivity (Wildman–Crippen MR) is 75.0 cm³/mol. The molecule has 4 nitrogen and oxygen atoms in total. The van der Waals surface area contributed by atoms with E-state index in [9.17, 15) is 4.79 Å². The number of benzene rings is 2. The number of anilines is 1. The van der Waals surface area contributed by atoms with E-state index in [1.807, 2.05) is 48.5 Å². The highest BCUT2D eigenvalue weighted by molar-refractivity contribution is 5.84. The molecule has 0 fully saturated rings. The molecule has 0 spiro atoms. The van der Waals surface area contributed by atoms with Gasteiger partial charge in [-0.2, -0.15) is 0 Å². The minimum atomic E-state index is -0.586. The summed E-state index contributed by atoms with van der Waals surface area (Å²) in [5.41, 5.74) is 7.08. The number of primary amides is 1. The summed E-state index contributed by atoms with van der Waals surface area (Å²) < 4.78 is 5.16. The normalized spacial score (nSPS) is 11.6. The summed E-state index contributed by atoms with van der Waals surface area (Å²) in [4.78, 5) is 11.6. The van der Waals surface area contributed by atoms with Gasteiger partial charge in [0.05, 0.1) is 7.11 Å². The monoisotopic (exact) mass is 256 g/mol. The lowest BCUT2D eigenvalue weighted by Crippen LogP contribution is -2.27. The highest BCUT2D eigenvalue weighted by atomic mass is 16.5. The quantitative estimate of drug-likeness (QED) is 0.863. The third-order valence-corrected chi connectivity index (χ3v) is 2.80. The van der Waals surface area contributed by atoms with Crippen LogP contribution in [0.15, 0.2) is 54.6 Å². The number of carbonyl (C=O) groups is 1. The number of methoxy groups -OCH3 is 1. The fourth-order valence-corrected chi connectivity index (χ4v) is 1.84. The molecule has 3 N–H and O–H groups in total. The number of para-hydroxylation sites is 1. The maximum atomic E-state index is 11.6. The first kappa shape index (κ1) is 13.0. The Morgan fingerprint density at radius 2 is 1.89 bits per heavy atom. The highest BCUT2D eigenvalue weighted by Crippen LogP contribution is 2.22. The first-order valence-corrected chi connectivity index (χ1v) is 5.95. The molecule has 98 valence electrons. The van der Waals surface area contributed by atoms with Crippen molar-refractivity contribution in [2.75, 3.05) is 12.4 Å². The number of amides is 1. The van der Waals surface area contributed by atoms with Crippen LogP contribution in [0.25, 0.3) is 0 Å². The molecule has 1 unspecified atom stereocenters. The van der Waals surface area contributed by atoms with Gasteiger partial charge in [-0.15, -0.1) is 0 Å². The lowest BCUT2D eigenvalue weighted by Gasteiger charge is -2.17. The molecule has 0 aliphatic carbocycles. The first-order valence-electron chi connectivity index (χ1n) is 5.95. The summed E-state index contributed by atoms with van der Waals surface area (Å²) in [6.45, 7) is 0. The minimum Gasteiger partial charge on any atom is -0.497 e. The van der Waals surface area contributed by atoms with Gasteiger partial charge in [-0.3, -0.25) is 4.79 Å². The van der Waals surface area contributed by atoms with Gasteiger partial charge in [0.15, 0.2) is 0 Å². The van der Waals surface area contributed by atoms with Crippen molar-refractivity contribution in [3.8, 4) is 5.75 Å².